The number of hydrogen-bond acceptors (Lipinski definition) is 2. The van der Waals surface area contributed by atoms with Crippen LogP contribution < -0.4 is 0 Å². The fourth-order valence-electron chi connectivity index (χ4n) is 3.38. The third kappa shape index (κ3) is 2.49. The van der Waals surface area contributed by atoms with Crippen molar-refractivity contribution in [3.63, 3.8) is 0 Å². The van der Waals surface area contributed by atoms with Gasteiger partial charge in [-0.25, -0.2) is 4.79 Å². The number of pyridine rings is 1. The minimum Gasteiger partial charge on any atom is -0.478 e. The highest BCUT2D eigenvalue weighted by molar-refractivity contribution is 9.10. The number of hydrogen-bond donors (Lipinski definition) is 1. The first-order valence-electron chi connectivity index (χ1n) is 7.27. The molecule has 3 rings (SSSR count). The van der Waals surface area contributed by atoms with Gasteiger partial charge in [0, 0.05) is 27.9 Å². The lowest BCUT2D eigenvalue weighted by molar-refractivity contribution is 0.0695. The van der Waals surface area contributed by atoms with Gasteiger partial charge in [0.2, 0.25) is 0 Å². The zero-order chi connectivity index (χ0) is 15.1. The van der Waals surface area contributed by atoms with Crippen LogP contribution in [0.15, 0.2) is 22.8 Å². The molecule has 1 aliphatic rings. The van der Waals surface area contributed by atoms with Crippen LogP contribution in [0.1, 0.15) is 47.4 Å². The number of aromatic carboxylic acids is 1. The molecule has 3 heterocycles. The van der Waals surface area contributed by atoms with E-state index in [0.29, 0.717) is 5.56 Å². The van der Waals surface area contributed by atoms with Crippen molar-refractivity contribution in [1.82, 2.24) is 9.30 Å². The lowest BCUT2D eigenvalue weighted by atomic mass is 10.0. The summed E-state index contributed by atoms with van der Waals surface area (Å²) in [7, 11) is 0. The molecule has 1 aliphatic heterocycles. The summed E-state index contributed by atoms with van der Waals surface area (Å²) in [6.45, 7) is 6.26. The third-order valence-electron chi connectivity index (χ3n) is 4.47. The fraction of sp³-hybridized carbons (Fsp3) is 0.438. The van der Waals surface area contributed by atoms with Gasteiger partial charge in [0.25, 0.3) is 0 Å². The Morgan fingerprint density at radius 3 is 2.62 bits per heavy atom. The zero-order valence-corrected chi connectivity index (χ0v) is 13.9. The molecule has 1 N–H and O–H groups in total. The van der Waals surface area contributed by atoms with Gasteiger partial charge in [-0.15, -0.1) is 0 Å². The summed E-state index contributed by atoms with van der Waals surface area (Å²) in [6.07, 6.45) is 4.47. The van der Waals surface area contributed by atoms with Gasteiger partial charge in [0.05, 0.1) is 5.56 Å². The number of carboxylic acid groups (broad SMARTS) is 1. The molecule has 0 radical (unpaired) electrons. The smallest absolute Gasteiger partial charge is 0.336 e. The maximum atomic E-state index is 11.5. The average Bonchev–Trinajstić information content (AvgIpc) is 3.05. The maximum absolute atomic E-state index is 11.5. The Bertz CT molecular complexity index is 702. The Balaban J connectivity index is 2.22. The number of carbonyl (C=O) groups is 1. The SMILES string of the molecule is Cc1c(C(=O)O)cc2cc(Br)cn2c1C(C)N1CCCC1. The summed E-state index contributed by atoms with van der Waals surface area (Å²) < 4.78 is 3.09. The van der Waals surface area contributed by atoms with Gasteiger partial charge in [-0.3, -0.25) is 4.90 Å². The van der Waals surface area contributed by atoms with Gasteiger partial charge in [-0.05, 0) is 73.4 Å². The monoisotopic (exact) mass is 350 g/mol. The molecule has 2 aromatic rings. The highest BCUT2D eigenvalue weighted by atomic mass is 79.9. The van der Waals surface area contributed by atoms with Gasteiger partial charge in [0.1, 0.15) is 0 Å². The number of fused-ring (bicyclic) bond motifs is 1. The van der Waals surface area contributed by atoms with Crippen LogP contribution in [0.5, 0.6) is 0 Å². The molecule has 0 spiro atoms. The normalized spacial score (nSPS) is 17.5. The van der Waals surface area contributed by atoms with Crippen molar-refractivity contribution in [2.45, 2.75) is 32.7 Å². The Morgan fingerprint density at radius 2 is 2.00 bits per heavy atom. The van der Waals surface area contributed by atoms with E-state index >= 15 is 0 Å². The molecule has 5 heteroatoms. The summed E-state index contributed by atoms with van der Waals surface area (Å²) in [5.74, 6) is -0.859. The Labute approximate surface area is 132 Å². The van der Waals surface area contributed by atoms with Gasteiger partial charge >= 0.3 is 5.97 Å². The van der Waals surface area contributed by atoms with Gasteiger partial charge in [-0.1, -0.05) is 0 Å². The predicted octanol–water partition coefficient (Wildman–Crippen LogP) is 3.87. The average molecular weight is 351 g/mol. The quantitative estimate of drug-likeness (QED) is 0.913. The largest absolute Gasteiger partial charge is 0.478 e. The Morgan fingerprint density at radius 1 is 1.33 bits per heavy atom. The minimum atomic E-state index is -0.859. The maximum Gasteiger partial charge on any atom is 0.336 e. The standard InChI is InChI=1S/C16H19BrN2O2/c1-10-14(16(20)21)8-13-7-12(17)9-19(13)15(10)11(2)18-5-3-4-6-18/h7-9,11H,3-6H2,1-2H3,(H,20,21). The minimum absolute atomic E-state index is 0.216. The molecule has 0 aliphatic carbocycles. The number of likely N-dealkylation sites (tertiary alicyclic amines) is 1. The first-order chi connectivity index (χ1) is 9.99. The van der Waals surface area contributed by atoms with Crippen LogP contribution in [0, 0.1) is 6.92 Å². The van der Waals surface area contributed by atoms with Crippen molar-refractivity contribution in [2.24, 2.45) is 0 Å². The van der Waals surface area contributed by atoms with E-state index in [1.807, 2.05) is 19.2 Å². The van der Waals surface area contributed by atoms with Crippen LogP contribution >= 0.6 is 15.9 Å². The van der Waals surface area contributed by atoms with Crippen LogP contribution in [0.4, 0.5) is 0 Å². The zero-order valence-electron chi connectivity index (χ0n) is 12.3. The lowest BCUT2D eigenvalue weighted by Crippen LogP contribution is -2.26. The van der Waals surface area contributed by atoms with Crippen LogP contribution in [-0.4, -0.2) is 33.5 Å². The topological polar surface area (TPSA) is 44.9 Å². The van der Waals surface area contributed by atoms with E-state index in [0.717, 1.165) is 34.3 Å². The molecule has 2 aromatic heterocycles. The summed E-state index contributed by atoms with van der Waals surface area (Å²) in [4.78, 5) is 14.0. The molecule has 21 heavy (non-hydrogen) atoms. The van der Waals surface area contributed by atoms with Gasteiger partial charge < -0.3 is 9.51 Å². The predicted molar refractivity (Wildman–Crippen MR) is 86.0 cm³/mol. The molecule has 1 saturated heterocycles. The summed E-state index contributed by atoms with van der Waals surface area (Å²) in [6, 6.07) is 3.93. The molecular weight excluding hydrogens is 332 g/mol. The number of nitrogens with zero attached hydrogens (tertiary/aromatic N) is 2. The van der Waals surface area contributed by atoms with Crippen molar-refractivity contribution >= 4 is 27.4 Å². The van der Waals surface area contributed by atoms with E-state index in [4.69, 9.17) is 0 Å². The van der Waals surface area contributed by atoms with E-state index in [1.54, 1.807) is 6.07 Å². The van der Waals surface area contributed by atoms with Crippen LogP contribution in [0.3, 0.4) is 0 Å². The molecule has 0 amide bonds. The van der Waals surface area contributed by atoms with Crippen molar-refractivity contribution in [1.29, 1.82) is 0 Å². The van der Waals surface area contributed by atoms with Crippen molar-refractivity contribution in [3.05, 3.63) is 39.6 Å². The van der Waals surface area contributed by atoms with Crippen molar-refractivity contribution in [3.8, 4) is 0 Å². The van der Waals surface area contributed by atoms with Crippen LogP contribution in [0.2, 0.25) is 0 Å². The summed E-state index contributed by atoms with van der Waals surface area (Å²) in [5.41, 5.74) is 3.26. The highest BCUT2D eigenvalue weighted by Gasteiger charge is 2.25. The van der Waals surface area contributed by atoms with E-state index in [1.165, 1.54) is 12.8 Å². The Hall–Kier alpha value is -1.33. The molecule has 1 atom stereocenters. The van der Waals surface area contributed by atoms with Crippen molar-refractivity contribution in [2.75, 3.05) is 13.1 Å². The molecule has 1 fully saturated rings. The molecule has 112 valence electrons. The number of halogens is 1. The fourth-order valence-corrected chi connectivity index (χ4v) is 3.82. The van der Waals surface area contributed by atoms with Crippen molar-refractivity contribution < 1.29 is 9.90 Å². The van der Waals surface area contributed by atoms with Crippen LogP contribution in [0.25, 0.3) is 5.52 Å². The van der Waals surface area contributed by atoms with Crippen LogP contribution in [-0.2, 0) is 0 Å². The van der Waals surface area contributed by atoms with E-state index in [2.05, 4.69) is 32.2 Å². The Kier molecular flexibility index (Phi) is 3.80. The first-order valence-corrected chi connectivity index (χ1v) is 8.07. The molecule has 1 unspecified atom stereocenters. The second-order valence-corrected chi connectivity index (χ2v) is 6.66. The number of aromatic nitrogens is 1. The van der Waals surface area contributed by atoms with E-state index in [-0.39, 0.29) is 6.04 Å². The number of rotatable bonds is 3. The second kappa shape index (κ2) is 5.46. The summed E-state index contributed by atoms with van der Waals surface area (Å²) in [5, 5.41) is 9.47. The molecule has 0 aromatic carbocycles. The molecule has 4 nitrogen and oxygen atoms in total. The highest BCUT2D eigenvalue weighted by Crippen LogP contribution is 2.31. The third-order valence-corrected chi connectivity index (χ3v) is 4.90. The van der Waals surface area contributed by atoms with E-state index in [9.17, 15) is 9.90 Å². The van der Waals surface area contributed by atoms with E-state index < -0.39 is 5.97 Å². The summed E-state index contributed by atoms with van der Waals surface area (Å²) >= 11 is 3.50. The van der Waals surface area contributed by atoms with Gasteiger partial charge in [-0.2, -0.15) is 0 Å². The molecule has 0 saturated carbocycles. The van der Waals surface area contributed by atoms with Gasteiger partial charge in [0.15, 0.2) is 0 Å². The molecular formula is C16H19BrN2O2. The number of carboxylic acids is 1. The second-order valence-electron chi connectivity index (χ2n) is 5.75. The molecule has 0 bridgehead atoms. The lowest BCUT2D eigenvalue weighted by Gasteiger charge is -2.27. The first kappa shape index (κ1) is 14.6.